The minimum absolute atomic E-state index is 0.205. The molecule has 0 saturated heterocycles. The van der Waals surface area contributed by atoms with E-state index < -0.39 is 6.04 Å². The number of benzene rings is 2. The van der Waals surface area contributed by atoms with Gasteiger partial charge >= 0.3 is 0 Å². The van der Waals surface area contributed by atoms with Crippen molar-refractivity contribution in [3.05, 3.63) is 58.1 Å². The van der Waals surface area contributed by atoms with E-state index in [-0.39, 0.29) is 25.0 Å². The normalized spacial score (nSPS) is 11.5. The molecular weight excluding hydrogens is 427 g/mol. The largest absolute Gasteiger partial charge is 0.497 e. The number of carbonyl (C=O) groups is 2. The fraction of sp³-hybridized carbons (Fsp3) is 0.364. The van der Waals surface area contributed by atoms with Gasteiger partial charge < -0.3 is 19.7 Å². The maximum Gasteiger partial charge on any atom is 0.261 e. The van der Waals surface area contributed by atoms with Gasteiger partial charge in [-0.05, 0) is 55.3 Å². The summed E-state index contributed by atoms with van der Waals surface area (Å²) in [7, 11) is 1.58. The highest BCUT2D eigenvalue weighted by molar-refractivity contribution is 6.42. The van der Waals surface area contributed by atoms with Crippen molar-refractivity contribution in [1.29, 1.82) is 0 Å². The van der Waals surface area contributed by atoms with Gasteiger partial charge in [-0.1, -0.05) is 36.2 Å². The zero-order valence-electron chi connectivity index (χ0n) is 17.3. The van der Waals surface area contributed by atoms with Crippen molar-refractivity contribution in [2.45, 2.75) is 32.9 Å². The van der Waals surface area contributed by atoms with Gasteiger partial charge in [-0.2, -0.15) is 0 Å². The molecule has 0 aliphatic carbocycles. The van der Waals surface area contributed by atoms with Gasteiger partial charge in [-0.15, -0.1) is 0 Å². The Balaban J connectivity index is 2.19. The first kappa shape index (κ1) is 23.8. The second-order valence-electron chi connectivity index (χ2n) is 6.55. The Labute approximate surface area is 187 Å². The van der Waals surface area contributed by atoms with Crippen LogP contribution in [0.1, 0.15) is 25.8 Å². The van der Waals surface area contributed by atoms with Crippen molar-refractivity contribution in [1.82, 2.24) is 10.2 Å². The number of halogens is 2. The molecule has 0 aliphatic rings. The molecule has 2 aromatic rings. The molecule has 0 radical (unpaired) electrons. The third kappa shape index (κ3) is 6.54. The van der Waals surface area contributed by atoms with Crippen LogP contribution in [0, 0.1) is 0 Å². The van der Waals surface area contributed by atoms with Crippen LogP contribution in [0.4, 0.5) is 0 Å². The van der Waals surface area contributed by atoms with Crippen LogP contribution in [-0.4, -0.2) is 43.0 Å². The van der Waals surface area contributed by atoms with Crippen LogP contribution >= 0.6 is 23.2 Å². The first-order valence-corrected chi connectivity index (χ1v) is 10.4. The fourth-order valence-corrected chi connectivity index (χ4v) is 3.27. The lowest BCUT2D eigenvalue weighted by Gasteiger charge is -2.30. The third-order valence-corrected chi connectivity index (χ3v) is 5.23. The van der Waals surface area contributed by atoms with E-state index in [1.54, 1.807) is 49.6 Å². The molecular formula is C22H26Cl2N2O4. The second kappa shape index (κ2) is 11.7. The number of carbonyl (C=O) groups excluding carboxylic acids is 2. The fourth-order valence-electron chi connectivity index (χ4n) is 2.95. The predicted molar refractivity (Wildman–Crippen MR) is 118 cm³/mol. The molecule has 0 saturated carbocycles. The Morgan fingerprint density at radius 3 is 2.27 bits per heavy atom. The number of ether oxygens (including phenoxy) is 2. The smallest absolute Gasteiger partial charge is 0.261 e. The molecule has 0 spiro atoms. The summed E-state index contributed by atoms with van der Waals surface area (Å²) in [5, 5.41) is 3.61. The van der Waals surface area contributed by atoms with E-state index in [1.807, 2.05) is 13.8 Å². The molecule has 0 aromatic heterocycles. The Kier molecular flexibility index (Phi) is 9.27. The monoisotopic (exact) mass is 452 g/mol. The minimum atomic E-state index is -0.633. The number of likely N-dealkylation sites (N-methyl/N-ethyl adjacent to an activating group) is 1. The summed E-state index contributed by atoms with van der Waals surface area (Å²) >= 11 is 12.1. The first-order valence-electron chi connectivity index (χ1n) is 9.67. The Bertz CT molecular complexity index is 859. The molecule has 6 nitrogen and oxygen atoms in total. The number of hydrogen-bond donors (Lipinski definition) is 1. The summed E-state index contributed by atoms with van der Waals surface area (Å²) in [6.45, 7) is 4.18. The topological polar surface area (TPSA) is 67.9 Å². The average molecular weight is 453 g/mol. The van der Waals surface area contributed by atoms with Gasteiger partial charge in [0.25, 0.3) is 5.91 Å². The van der Waals surface area contributed by atoms with Crippen LogP contribution in [0.15, 0.2) is 42.5 Å². The first-order chi connectivity index (χ1) is 14.4. The van der Waals surface area contributed by atoms with Crippen LogP contribution in [0.5, 0.6) is 11.5 Å². The van der Waals surface area contributed by atoms with Crippen molar-refractivity contribution >= 4 is 35.0 Å². The van der Waals surface area contributed by atoms with Crippen molar-refractivity contribution < 1.29 is 19.1 Å². The lowest BCUT2D eigenvalue weighted by atomic mass is 10.1. The van der Waals surface area contributed by atoms with E-state index in [2.05, 4.69) is 5.32 Å². The molecule has 30 heavy (non-hydrogen) atoms. The van der Waals surface area contributed by atoms with Gasteiger partial charge in [0.05, 0.1) is 17.2 Å². The number of hydrogen-bond acceptors (Lipinski definition) is 4. The Morgan fingerprint density at radius 1 is 1.03 bits per heavy atom. The molecule has 0 bridgehead atoms. The maximum atomic E-state index is 13.0. The van der Waals surface area contributed by atoms with E-state index in [0.717, 1.165) is 5.56 Å². The maximum absolute atomic E-state index is 13.0. The highest BCUT2D eigenvalue weighted by atomic mass is 35.5. The van der Waals surface area contributed by atoms with Crippen molar-refractivity contribution in [3.63, 3.8) is 0 Å². The molecule has 8 heteroatoms. The van der Waals surface area contributed by atoms with Gasteiger partial charge in [0.2, 0.25) is 5.91 Å². The Hall–Kier alpha value is -2.44. The van der Waals surface area contributed by atoms with E-state index in [9.17, 15) is 9.59 Å². The number of nitrogens with one attached hydrogen (secondary N) is 1. The third-order valence-electron chi connectivity index (χ3n) is 4.50. The molecule has 2 rings (SSSR count). The van der Waals surface area contributed by atoms with E-state index in [1.165, 1.54) is 4.90 Å². The number of amides is 2. The van der Waals surface area contributed by atoms with Crippen LogP contribution in [-0.2, 0) is 16.1 Å². The number of methoxy groups -OCH3 is 1. The quantitative estimate of drug-likeness (QED) is 0.582. The molecule has 162 valence electrons. The van der Waals surface area contributed by atoms with Gasteiger partial charge in [-0.25, -0.2) is 0 Å². The summed E-state index contributed by atoms with van der Waals surface area (Å²) in [4.78, 5) is 27.1. The minimum Gasteiger partial charge on any atom is -0.497 e. The van der Waals surface area contributed by atoms with Crippen molar-refractivity contribution in [3.8, 4) is 11.5 Å². The standard InChI is InChI=1S/C22H26Cl2N2O4/c1-4-20(22(28)25-5-2)26(13-15-6-11-18(23)19(24)12-15)21(27)14-30-17-9-7-16(29-3)8-10-17/h6-12,20H,4-5,13-14H2,1-3H3,(H,25,28)/t20-/m0/s1. The average Bonchev–Trinajstić information content (AvgIpc) is 2.75. The van der Waals surface area contributed by atoms with Crippen LogP contribution in [0.3, 0.4) is 0 Å². The van der Waals surface area contributed by atoms with E-state index in [4.69, 9.17) is 32.7 Å². The zero-order valence-corrected chi connectivity index (χ0v) is 18.8. The molecule has 2 aromatic carbocycles. The molecule has 0 fully saturated rings. The lowest BCUT2D eigenvalue weighted by Crippen LogP contribution is -2.50. The molecule has 0 heterocycles. The molecule has 0 aliphatic heterocycles. The van der Waals surface area contributed by atoms with Crippen molar-refractivity contribution in [2.24, 2.45) is 0 Å². The van der Waals surface area contributed by atoms with Gasteiger partial charge in [0.1, 0.15) is 17.5 Å². The van der Waals surface area contributed by atoms with Gasteiger partial charge in [0, 0.05) is 13.1 Å². The molecule has 1 atom stereocenters. The zero-order chi connectivity index (χ0) is 22.1. The summed E-state index contributed by atoms with van der Waals surface area (Å²) in [5.74, 6) is 0.703. The summed E-state index contributed by atoms with van der Waals surface area (Å²) < 4.78 is 10.8. The summed E-state index contributed by atoms with van der Waals surface area (Å²) in [6, 6.07) is 11.4. The van der Waals surface area contributed by atoms with E-state index in [0.29, 0.717) is 34.5 Å². The number of rotatable bonds is 10. The summed E-state index contributed by atoms with van der Waals surface area (Å²) in [6.07, 6.45) is 0.460. The SMILES string of the molecule is CCNC(=O)[C@H](CC)N(Cc1ccc(Cl)c(Cl)c1)C(=O)COc1ccc(OC)cc1. The summed E-state index contributed by atoms with van der Waals surface area (Å²) in [5.41, 5.74) is 0.768. The highest BCUT2D eigenvalue weighted by Gasteiger charge is 2.28. The predicted octanol–water partition coefficient (Wildman–Crippen LogP) is 4.32. The van der Waals surface area contributed by atoms with Gasteiger partial charge in [0.15, 0.2) is 6.61 Å². The van der Waals surface area contributed by atoms with Gasteiger partial charge in [-0.3, -0.25) is 9.59 Å². The molecule has 0 unspecified atom stereocenters. The van der Waals surface area contributed by atoms with Crippen LogP contribution in [0.25, 0.3) is 0 Å². The molecule has 2 amide bonds. The van der Waals surface area contributed by atoms with Crippen molar-refractivity contribution in [2.75, 3.05) is 20.3 Å². The highest BCUT2D eigenvalue weighted by Crippen LogP contribution is 2.24. The van der Waals surface area contributed by atoms with E-state index >= 15 is 0 Å². The van der Waals surface area contributed by atoms with Crippen LogP contribution in [0.2, 0.25) is 10.0 Å². The number of nitrogens with zero attached hydrogens (tertiary/aromatic N) is 1. The molecule has 1 N–H and O–H groups in total. The van der Waals surface area contributed by atoms with Crippen LogP contribution < -0.4 is 14.8 Å². The Morgan fingerprint density at radius 2 is 1.70 bits per heavy atom. The second-order valence-corrected chi connectivity index (χ2v) is 7.37. The lowest BCUT2D eigenvalue weighted by molar-refractivity contribution is -0.142.